The Morgan fingerprint density at radius 2 is 1.90 bits per heavy atom. The van der Waals surface area contributed by atoms with Crippen molar-refractivity contribution in [2.45, 2.75) is 50.3 Å². The number of rotatable bonds is 6. The number of methoxy groups -OCH3 is 1. The first-order valence-corrected chi connectivity index (χ1v) is 14.8. The molecule has 1 saturated heterocycles. The minimum Gasteiger partial charge on any atom is -0.497 e. The van der Waals surface area contributed by atoms with Gasteiger partial charge in [-0.2, -0.15) is 0 Å². The van der Waals surface area contributed by atoms with Crippen LogP contribution in [0, 0.1) is 5.92 Å². The zero-order valence-corrected chi connectivity index (χ0v) is 24.0. The van der Waals surface area contributed by atoms with Crippen LogP contribution in [0.1, 0.15) is 31.2 Å². The van der Waals surface area contributed by atoms with Gasteiger partial charge in [-0.05, 0) is 42.7 Å². The lowest BCUT2D eigenvalue weighted by Crippen LogP contribution is -2.44. The van der Waals surface area contributed by atoms with Crippen LogP contribution >= 0.6 is 23.1 Å². The highest BCUT2D eigenvalue weighted by atomic mass is 32.2. The minimum absolute atomic E-state index is 0.0402. The molecule has 1 fully saturated rings. The van der Waals surface area contributed by atoms with Crippen molar-refractivity contribution in [1.29, 1.82) is 0 Å². The van der Waals surface area contributed by atoms with Gasteiger partial charge in [-0.3, -0.25) is 9.59 Å². The van der Waals surface area contributed by atoms with Crippen LogP contribution in [0.25, 0.3) is 21.7 Å². The second kappa shape index (κ2) is 10.6. The van der Waals surface area contributed by atoms with Crippen molar-refractivity contribution in [1.82, 2.24) is 24.1 Å². The van der Waals surface area contributed by atoms with Gasteiger partial charge in [0.1, 0.15) is 10.6 Å². The lowest BCUT2D eigenvalue weighted by Gasteiger charge is -2.28. The predicted molar refractivity (Wildman–Crippen MR) is 150 cm³/mol. The number of morpholine rings is 1. The van der Waals surface area contributed by atoms with Gasteiger partial charge in [0.05, 0.1) is 49.4 Å². The van der Waals surface area contributed by atoms with Crippen molar-refractivity contribution in [2.75, 3.05) is 33.4 Å². The van der Waals surface area contributed by atoms with Gasteiger partial charge in [0.15, 0.2) is 5.16 Å². The summed E-state index contributed by atoms with van der Waals surface area (Å²) >= 11 is 2.91. The molecule has 0 bridgehead atoms. The molecule has 2 aliphatic heterocycles. The first kappa shape index (κ1) is 26.3. The van der Waals surface area contributed by atoms with Crippen LogP contribution in [-0.4, -0.2) is 74.7 Å². The Bertz CT molecular complexity index is 1590. The molecule has 0 saturated carbocycles. The second-order valence-corrected chi connectivity index (χ2v) is 12.5. The number of hydrogen-bond acceptors (Lipinski definition) is 9. The molecule has 3 aromatic heterocycles. The van der Waals surface area contributed by atoms with Crippen molar-refractivity contribution in [2.24, 2.45) is 5.92 Å². The van der Waals surface area contributed by atoms with Crippen molar-refractivity contribution in [3.05, 3.63) is 45.1 Å². The number of aromatic nitrogens is 4. The molecule has 0 spiro atoms. The molecular weight excluding hydrogens is 538 g/mol. The van der Waals surface area contributed by atoms with Crippen LogP contribution in [0.4, 0.5) is 0 Å². The first-order chi connectivity index (χ1) is 18.9. The summed E-state index contributed by atoms with van der Waals surface area (Å²) < 4.78 is 20.4. The maximum absolute atomic E-state index is 14.2. The molecule has 10 nitrogen and oxygen atoms in total. The van der Waals surface area contributed by atoms with E-state index in [1.54, 1.807) is 23.0 Å². The number of carbonyl (C=O) groups excluding carboxylic acids is 1. The third kappa shape index (κ3) is 4.62. The Balaban J connectivity index is 1.52. The van der Waals surface area contributed by atoms with Crippen LogP contribution in [0.3, 0.4) is 0 Å². The highest BCUT2D eigenvalue weighted by Gasteiger charge is 2.31. The normalized spacial score (nSPS) is 18.6. The Labute approximate surface area is 233 Å². The molecule has 5 heterocycles. The van der Waals surface area contributed by atoms with Crippen molar-refractivity contribution >= 4 is 45.0 Å². The summed E-state index contributed by atoms with van der Waals surface area (Å²) in [4.78, 5) is 31.1. The molecule has 1 amide bonds. The van der Waals surface area contributed by atoms with Gasteiger partial charge >= 0.3 is 0 Å². The Hall–Kier alpha value is -2.93. The summed E-state index contributed by atoms with van der Waals surface area (Å²) in [5, 5.41) is 9.84. The molecule has 2 aliphatic rings. The van der Waals surface area contributed by atoms with Gasteiger partial charge in [-0.15, -0.1) is 21.5 Å². The summed E-state index contributed by atoms with van der Waals surface area (Å²) in [7, 11) is 1.61. The predicted octanol–water partition coefficient (Wildman–Crippen LogP) is 3.54. The van der Waals surface area contributed by atoms with Gasteiger partial charge in [-0.1, -0.05) is 25.6 Å². The van der Waals surface area contributed by atoms with Crippen LogP contribution in [0.15, 0.2) is 34.2 Å². The SMILES string of the molecule is COc1ccc(-n2c(=O)c3c4c(sc3n3c(S[C@H](C)C(=O)N5CCOCC5)nnc23)CO[C@@H](C(C)C)C4)cc1. The zero-order valence-electron chi connectivity index (χ0n) is 22.4. The maximum Gasteiger partial charge on any atom is 0.268 e. The summed E-state index contributed by atoms with van der Waals surface area (Å²) in [6, 6.07) is 7.33. The number of ether oxygens (including phenoxy) is 3. The lowest BCUT2D eigenvalue weighted by atomic mass is 9.96. The molecule has 0 N–H and O–H groups in total. The van der Waals surface area contributed by atoms with E-state index in [1.807, 2.05) is 40.5 Å². The second-order valence-electron chi connectivity index (χ2n) is 10.1. The summed E-state index contributed by atoms with van der Waals surface area (Å²) in [6.45, 7) is 8.90. The molecule has 0 radical (unpaired) electrons. The van der Waals surface area contributed by atoms with Crippen molar-refractivity contribution < 1.29 is 19.0 Å². The number of carbonyl (C=O) groups is 1. The largest absolute Gasteiger partial charge is 0.497 e. The topological polar surface area (TPSA) is 100 Å². The van der Waals surface area contributed by atoms with E-state index in [0.29, 0.717) is 73.0 Å². The van der Waals surface area contributed by atoms with E-state index in [0.717, 1.165) is 15.3 Å². The Morgan fingerprint density at radius 3 is 2.59 bits per heavy atom. The molecular formula is C27H31N5O5S2. The van der Waals surface area contributed by atoms with E-state index < -0.39 is 0 Å². The average molecular weight is 570 g/mol. The summed E-state index contributed by atoms with van der Waals surface area (Å²) in [6.07, 6.45) is 0.716. The lowest BCUT2D eigenvalue weighted by molar-refractivity contribution is -0.134. The zero-order chi connectivity index (χ0) is 27.3. The van der Waals surface area contributed by atoms with Crippen molar-refractivity contribution in [3.8, 4) is 11.4 Å². The molecule has 2 atom stereocenters. The Morgan fingerprint density at radius 1 is 1.15 bits per heavy atom. The van der Waals surface area contributed by atoms with E-state index in [2.05, 4.69) is 24.0 Å². The monoisotopic (exact) mass is 569 g/mol. The highest BCUT2D eigenvalue weighted by Crippen LogP contribution is 2.38. The van der Waals surface area contributed by atoms with E-state index >= 15 is 0 Å². The number of nitrogens with zero attached hydrogens (tertiary/aromatic N) is 5. The van der Waals surface area contributed by atoms with E-state index in [1.165, 1.54) is 11.8 Å². The van der Waals surface area contributed by atoms with E-state index in [4.69, 9.17) is 14.2 Å². The van der Waals surface area contributed by atoms with Gasteiger partial charge in [-0.25, -0.2) is 8.97 Å². The van der Waals surface area contributed by atoms with Crippen LogP contribution in [-0.2, 0) is 27.3 Å². The van der Waals surface area contributed by atoms with Gasteiger partial charge in [0.25, 0.3) is 5.56 Å². The fraction of sp³-hybridized carbons (Fsp3) is 0.481. The molecule has 206 valence electrons. The van der Waals surface area contributed by atoms with Crippen LogP contribution in [0.5, 0.6) is 5.75 Å². The maximum atomic E-state index is 14.2. The number of amides is 1. The van der Waals surface area contributed by atoms with Crippen molar-refractivity contribution in [3.63, 3.8) is 0 Å². The number of fused-ring (bicyclic) bond motifs is 5. The molecule has 12 heteroatoms. The van der Waals surface area contributed by atoms with Gasteiger partial charge in [0.2, 0.25) is 11.7 Å². The standard InChI is InChI=1S/C27H31N5O5S2/c1-15(2)20-13-19-21(14-37-20)39-25-22(19)24(34)31(17-5-7-18(35-4)8-6-17)26-28-29-27(32(25)26)38-16(3)23(33)30-9-11-36-12-10-30/h5-8,15-16,20H,9-14H2,1-4H3/t16-,20-/m1/s1. The highest BCUT2D eigenvalue weighted by molar-refractivity contribution is 8.00. The summed E-state index contributed by atoms with van der Waals surface area (Å²) in [5.74, 6) is 1.47. The van der Waals surface area contributed by atoms with Gasteiger partial charge in [0, 0.05) is 24.4 Å². The number of benzene rings is 1. The first-order valence-electron chi connectivity index (χ1n) is 13.1. The molecule has 0 aliphatic carbocycles. The van der Waals surface area contributed by atoms with Crippen LogP contribution < -0.4 is 10.3 Å². The Kier molecular flexibility index (Phi) is 7.13. The molecule has 1 aromatic carbocycles. The fourth-order valence-corrected chi connectivity index (χ4v) is 7.39. The van der Waals surface area contributed by atoms with Gasteiger partial charge < -0.3 is 19.1 Å². The quantitative estimate of drug-likeness (QED) is 0.325. The average Bonchev–Trinajstić information content (AvgIpc) is 3.54. The minimum atomic E-state index is -0.379. The molecule has 0 unspecified atom stereocenters. The van der Waals surface area contributed by atoms with E-state index in [9.17, 15) is 9.59 Å². The molecule has 4 aromatic rings. The molecule has 39 heavy (non-hydrogen) atoms. The number of hydrogen-bond donors (Lipinski definition) is 0. The molecule has 6 rings (SSSR count). The number of thiophene rings is 1. The number of thioether (sulfide) groups is 1. The van der Waals surface area contributed by atoms with E-state index in [-0.39, 0.29) is 22.8 Å². The third-order valence-electron chi connectivity index (χ3n) is 7.37. The third-order valence-corrected chi connectivity index (χ3v) is 9.59. The smallest absolute Gasteiger partial charge is 0.268 e. The fourth-order valence-electron chi connectivity index (χ4n) is 5.16. The summed E-state index contributed by atoms with van der Waals surface area (Å²) in [5.41, 5.74) is 1.57. The van der Waals surface area contributed by atoms with Crippen LogP contribution in [0.2, 0.25) is 0 Å².